The third-order valence-electron chi connectivity index (χ3n) is 7.97. The van der Waals surface area contributed by atoms with Gasteiger partial charge in [-0.1, -0.05) is 53.5 Å². The van der Waals surface area contributed by atoms with Gasteiger partial charge < -0.3 is 14.8 Å². The van der Waals surface area contributed by atoms with Crippen LogP contribution in [0.15, 0.2) is 48.7 Å². The maximum absolute atomic E-state index is 13.3. The Hall–Kier alpha value is -3.30. The normalized spacial score (nSPS) is 16.0. The lowest BCUT2D eigenvalue weighted by atomic mass is 9.98. The molecule has 212 valence electrons. The summed E-state index contributed by atoms with van der Waals surface area (Å²) >= 11 is 13.9. The van der Waals surface area contributed by atoms with Crippen LogP contribution in [-0.4, -0.2) is 63.1 Å². The van der Waals surface area contributed by atoms with Gasteiger partial charge in [0.1, 0.15) is 6.17 Å². The summed E-state index contributed by atoms with van der Waals surface area (Å²) < 4.78 is 15.1. The molecule has 0 spiro atoms. The number of pyridine rings is 1. The lowest BCUT2D eigenvalue weighted by Gasteiger charge is -2.34. The molecular formula is C31H31Cl2FN6O. The highest BCUT2D eigenvalue weighted by Gasteiger charge is 2.27. The van der Waals surface area contributed by atoms with Gasteiger partial charge in [0.2, 0.25) is 0 Å². The molecule has 0 aliphatic carbocycles. The zero-order valence-corrected chi connectivity index (χ0v) is 24.7. The minimum absolute atomic E-state index is 0.314. The predicted molar refractivity (Wildman–Crippen MR) is 161 cm³/mol. The summed E-state index contributed by atoms with van der Waals surface area (Å²) in [4.78, 5) is 26.8. The van der Waals surface area contributed by atoms with Gasteiger partial charge in [0.15, 0.2) is 5.82 Å². The fourth-order valence-electron chi connectivity index (χ4n) is 5.60. The van der Waals surface area contributed by atoms with Crippen molar-refractivity contribution in [1.29, 1.82) is 0 Å². The van der Waals surface area contributed by atoms with Crippen LogP contribution in [0.4, 0.5) is 10.1 Å². The molecule has 2 aromatic carbocycles. The van der Waals surface area contributed by atoms with E-state index in [0.717, 1.165) is 58.8 Å². The second-order valence-electron chi connectivity index (χ2n) is 10.9. The number of carbonyl (C=O) groups is 1. The number of aryl methyl sites for hydroxylation is 1. The summed E-state index contributed by atoms with van der Waals surface area (Å²) in [6.45, 7) is 5.20. The Labute approximate surface area is 248 Å². The van der Waals surface area contributed by atoms with E-state index in [2.05, 4.69) is 26.3 Å². The summed E-state index contributed by atoms with van der Waals surface area (Å²) in [6.07, 6.45) is 1.92. The number of hydrogen-bond acceptors (Lipinski definition) is 5. The standard InChI is InChI=1S/C31H31Cl2FN6O/c1-18-12-19(13-35-25(18)17-40-14-20(34)15-40)21-6-4-7-22(28(21)32)23-8-5-9-24(29(23)33)37-31(41)30-36-26-16-38(2)11-10-27(26)39(30)3/h4-9,12-13,20H,10-11,14-17H2,1-3H3,(H,37,41). The molecule has 0 unspecified atom stereocenters. The van der Waals surface area contributed by atoms with E-state index in [9.17, 15) is 9.18 Å². The third-order valence-corrected chi connectivity index (χ3v) is 8.78. The molecule has 6 rings (SSSR count). The average molecular weight is 594 g/mol. The van der Waals surface area contributed by atoms with Crippen LogP contribution < -0.4 is 5.32 Å². The summed E-state index contributed by atoms with van der Waals surface area (Å²) in [5.41, 5.74) is 7.62. The van der Waals surface area contributed by atoms with E-state index in [0.29, 0.717) is 46.8 Å². The second-order valence-corrected chi connectivity index (χ2v) is 11.7. The van der Waals surface area contributed by atoms with Crippen molar-refractivity contribution >= 4 is 34.8 Å². The molecule has 4 aromatic rings. The van der Waals surface area contributed by atoms with Crippen LogP contribution in [0.3, 0.4) is 0 Å². The Kier molecular flexibility index (Phi) is 7.59. The molecule has 0 radical (unpaired) electrons. The Balaban J connectivity index is 1.26. The minimum Gasteiger partial charge on any atom is -0.327 e. The van der Waals surface area contributed by atoms with Crippen LogP contribution in [-0.2, 0) is 26.6 Å². The number of imidazole rings is 1. The van der Waals surface area contributed by atoms with Crippen molar-refractivity contribution in [3.63, 3.8) is 0 Å². The summed E-state index contributed by atoms with van der Waals surface area (Å²) in [6, 6.07) is 13.3. The maximum atomic E-state index is 13.3. The number of carbonyl (C=O) groups excluding carboxylic acids is 1. The van der Waals surface area contributed by atoms with Gasteiger partial charge in [-0.3, -0.25) is 14.7 Å². The number of nitrogens with zero attached hydrogens (tertiary/aromatic N) is 5. The van der Waals surface area contributed by atoms with Crippen LogP contribution in [0.1, 0.15) is 33.3 Å². The van der Waals surface area contributed by atoms with E-state index in [1.165, 1.54) is 0 Å². The van der Waals surface area contributed by atoms with Crippen LogP contribution >= 0.6 is 23.2 Å². The molecule has 2 aliphatic heterocycles. The number of fused-ring (bicyclic) bond motifs is 1. The van der Waals surface area contributed by atoms with Gasteiger partial charge >= 0.3 is 0 Å². The quantitative estimate of drug-likeness (QED) is 0.290. The lowest BCUT2D eigenvalue weighted by molar-refractivity contribution is 0.0579. The first-order valence-corrected chi connectivity index (χ1v) is 14.4. The van der Waals surface area contributed by atoms with Crippen molar-refractivity contribution in [2.24, 2.45) is 7.05 Å². The predicted octanol–water partition coefficient (Wildman–Crippen LogP) is 6.16. The molecule has 41 heavy (non-hydrogen) atoms. The molecule has 0 atom stereocenters. The molecule has 1 saturated heterocycles. The summed E-state index contributed by atoms with van der Waals surface area (Å²) in [5.74, 6) is 0.0436. The van der Waals surface area contributed by atoms with Crippen LogP contribution in [0.5, 0.6) is 0 Å². The van der Waals surface area contributed by atoms with Crippen molar-refractivity contribution in [1.82, 2.24) is 24.3 Å². The number of benzene rings is 2. The molecule has 1 N–H and O–H groups in total. The number of halogens is 3. The Morgan fingerprint density at radius 1 is 1.07 bits per heavy atom. The number of anilines is 1. The van der Waals surface area contributed by atoms with E-state index in [1.807, 2.05) is 67.0 Å². The molecule has 2 aromatic heterocycles. The molecule has 2 aliphatic rings. The van der Waals surface area contributed by atoms with E-state index < -0.39 is 6.17 Å². The molecule has 4 heterocycles. The van der Waals surface area contributed by atoms with Gasteiger partial charge in [-0.2, -0.15) is 0 Å². The molecule has 1 fully saturated rings. The second kappa shape index (κ2) is 11.2. The number of amides is 1. The van der Waals surface area contributed by atoms with Crippen molar-refractivity contribution < 1.29 is 9.18 Å². The number of nitrogens with one attached hydrogen (secondary N) is 1. The highest BCUT2D eigenvalue weighted by atomic mass is 35.5. The summed E-state index contributed by atoms with van der Waals surface area (Å²) in [7, 11) is 3.93. The monoisotopic (exact) mass is 592 g/mol. The fourth-order valence-corrected chi connectivity index (χ4v) is 6.22. The number of hydrogen-bond donors (Lipinski definition) is 1. The van der Waals surface area contributed by atoms with E-state index in [-0.39, 0.29) is 5.91 Å². The zero-order valence-electron chi connectivity index (χ0n) is 23.2. The number of aromatic nitrogens is 3. The van der Waals surface area contributed by atoms with Crippen molar-refractivity contribution in [2.75, 3.05) is 32.0 Å². The van der Waals surface area contributed by atoms with Crippen LogP contribution in [0.25, 0.3) is 22.3 Å². The first-order chi connectivity index (χ1) is 19.7. The van der Waals surface area contributed by atoms with Gasteiger partial charge in [-0.15, -0.1) is 0 Å². The topological polar surface area (TPSA) is 66.3 Å². The molecule has 0 bridgehead atoms. The summed E-state index contributed by atoms with van der Waals surface area (Å²) in [5, 5.41) is 3.89. The highest BCUT2D eigenvalue weighted by molar-refractivity contribution is 6.39. The van der Waals surface area contributed by atoms with E-state index in [4.69, 9.17) is 23.2 Å². The Morgan fingerprint density at radius 2 is 1.78 bits per heavy atom. The van der Waals surface area contributed by atoms with E-state index in [1.54, 1.807) is 6.07 Å². The Bertz CT molecular complexity index is 1650. The van der Waals surface area contributed by atoms with Crippen LogP contribution in [0.2, 0.25) is 10.0 Å². The number of rotatable bonds is 6. The number of likely N-dealkylation sites (tertiary alicyclic amines) is 1. The van der Waals surface area contributed by atoms with Gasteiger partial charge in [0.05, 0.1) is 27.1 Å². The zero-order chi connectivity index (χ0) is 28.8. The maximum Gasteiger partial charge on any atom is 0.291 e. The highest BCUT2D eigenvalue weighted by Crippen LogP contribution is 2.41. The lowest BCUT2D eigenvalue weighted by Crippen LogP contribution is -2.47. The molecule has 0 saturated carbocycles. The first kappa shape index (κ1) is 27.8. The van der Waals surface area contributed by atoms with Crippen molar-refractivity contribution in [2.45, 2.75) is 32.6 Å². The number of alkyl halides is 1. The van der Waals surface area contributed by atoms with Crippen LogP contribution in [0, 0.1) is 6.92 Å². The van der Waals surface area contributed by atoms with Gasteiger partial charge in [0, 0.05) is 80.3 Å². The molecule has 1 amide bonds. The third kappa shape index (κ3) is 5.37. The van der Waals surface area contributed by atoms with Gasteiger partial charge in [-0.25, -0.2) is 9.37 Å². The van der Waals surface area contributed by atoms with Gasteiger partial charge in [-0.05, 0) is 31.7 Å². The first-order valence-electron chi connectivity index (χ1n) is 13.6. The Morgan fingerprint density at radius 3 is 2.51 bits per heavy atom. The van der Waals surface area contributed by atoms with E-state index >= 15 is 0 Å². The smallest absolute Gasteiger partial charge is 0.291 e. The molecule has 7 nitrogen and oxygen atoms in total. The van der Waals surface area contributed by atoms with Crippen molar-refractivity contribution in [3.05, 3.63) is 87.2 Å². The molecule has 10 heteroatoms. The molecular weight excluding hydrogens is 562 g/mol. The minimum atomic E-state index is -0.739. The largest absolute Gasteiger partial charge is 0.327 e. The SMILES string of the molecule is Cc1cc(-c2cccc(-c3cccc(NC(=O)c4nc5c(n4C)CCN(C)C5)c3Cl)c2Cl)cnc1CN1CC(F)C1. The van der Waals surface area contributed by atoms with Gasteiger partial charge in [0.25, 0.3) is 5.91 Å². The number of likely N-dealkylation sites (N-methyl/N-ethyl adjacent to an activating group) is 1. The van der Waals surface area contributed by atoms with Crippen molar-refractivity contribution in [3.8, 4) is 22.3 Å². The fraction of sp³-hybridized carbons (Fsp3) is 0.323. The average Bonchev–Trinajstić information content (AvgIpc) is 3.25.